The predicted octanol–water partition coefficient (Wildman–Crippen LogP) is 1.53. The average Bonchev–Trinajstić information content (AvgIpc) is 2.50. The number of hydrogen-bond acceptors (Lipinski definition) is 3. The second kappa shape index (κ2) is 7.57. The molecule has 1 aromatic rings. The minimum Gasteiger partial charge on any atom is -0.356 e. The van der Waals surface area contributed by atoms with E-state index in [9.17, 15) is 4.79 Å². The van der Waals surface area contributed by atoms with E-state index in [1.54, 1.807) is 0 Å². The minimum absolute atomic E-state index is 0.0639. The molecule has 2 atom stereocenters. The largest absolute Gasteiger partial charge is 0.356 e. The Morgan fingerprint density at radius 3 is 2.76 bits per heavy atom. The van der Waals surface area contributed by atoms with Gasteiger partial charge in [-0.1, -0.05) is 31.2 Å². The van der Waals surface area contributed by atoms with Gasteiger partial charge in [-0.3, -0.25) is 9.69 Å². The summed E-state index contributed by atoms with van der Waals surface area (Å²) in [4.78, 5) is 14.3. The third-order valence-electron chi connectivity index (χ3n) is 4.36. The molecule has 116 valence electrons. The maximum Gasteiger partial charge on any atom is 0.224 e. The number of hydrogen-bond donors (Lipinski definition) is 2. The van der Waals surface area contributed by atoms with Gasteiger partial charge in [0.25, 0.3) is 0 Å². The molecule has 1 aliphatic heterocycles. The van der Waals surface area contributed by atoms with Crippen LogP contribution in [0.15, 0.2) is 24.3 Å². The van der Waals surface area contributed by atoms with Crippen LogP contribution in [0.1, 0.15) is 31.4 Å². The first-order valence-corrected chi connectivity index (χ1v) is 7.90. The van der Waals surface area contributed by atoms with E-state index in [2.05, 4.69) is 34.5 Å². The lowest BCUT2D eigenvalue weighted by atomic mass is 10.00. The number of amides is 1. The number of fused-ring (bicyclic) bond motifs is 1. The monoisotopic (exact) mass is 289 g/mol. The fourth-order valence-electron chi connectivity index (χ4n) is 2.66. The van der Waals surface area contributed by atoms with Gasteiger partial charge in [0.1, 0.15) is 0 Å². The highest BCUT2D eigenvalue weighted by Gasteiger charge is 2.17. The Morgan fingerprint density at radius 2 is 2.05 bits per heavy atom. The number of carbonyl (C=O) groups excluding carboxylic acids is 1. The molecule has 21 heavy (non-hydrogen) atoms. The van der Waals surface area contributed by atoms with Crippen LogP contribution in [0, 0.1) is 5.92 Å². The number of nitrogens with two attached hydrogens (primary N) is 1. The Morgan fingerprint density at radius 1 is 1.33 bits per heavy atom. The van der Waals surface area contributed by atoms with Crippen LogP contribution in [-0.2, 0) is 17.8 Å². The number of benzene rings is 1. The number of nitrogens with one attached hydrogen (secondary N) is 1. The normalized spacial score (nSPS) is 17.9. The third-order valence-corrected chi connectivity index (χ3v) is 4.36. The van der Waals surface area contributed by atoms with Gasteiger partial charge in [0.2, 0.25) is 5.91 Å². The number of nitrogens with zero attached hydrogens (tertiary/aromatic N) is 1. The van der Waals surface area contributed by atoms with E-state index >= 15 is 0 Å². The molecule has 0 saturated heterocycles. The minimum atomic E-state index is -0.119. The van der Waals surface area contributed by atoms with Crippen molar-refractivity contribution in [3.05, 3.63) is 35.4 Å². The average molecular weight is 289 g/mol. The Hall–Kier alpha value is -1.39. The van der Waals surface area contributed by atoms with Crippen molar-refractivity contribution in [1.82, 2.24) is 10.2 Å². The molecule has 1 amide bonds. The molecule has 3 N–H and O–H groups in total. The van der Waals surface area contributed by atoms with Crippen LogP contribution in [0.2, 0.25) is 0 Å². The number of rotatable bonds is 6. The Kier molecular flexibility index (Phi) is 5.76. The fourth-order valence-corrected chi connectivity index (χ4v) is 2.66. The van der Waals surface area contributed by atoms with Gasteiger partial charge in [-0.25, -0.2) is 0 Å². The second-order valence-corrected chi connectivity index (χ2v) is 6.09. The summed E-state index contributed by atoms with van der Waals surface area (Å²) in [5.41, 5.74) is 8.66. The van der Waals surface area contributed by atoms with Crippen molar-refractivity contribution in [1.29, 1.82) is 0 Å². The molecule has 2 unspecified atom stereocenters. The molecule has 0 saturated carbocycles. The van der Waals surface area contributed by atoms with Crippen molar-refractivity contribution in [2.75, 3.05) is 19.6 Å². The van der Waals surface area contributed by atoms with E-state index in [4.69, 9.17) is 5.73 Å². The summed E-state index contributed by atoms with van der Waals surface area (Å²) >= 11 is 0. The predicted molar refractivity (Wildman–Crippen MR) is 85.9 cm³/mol. The van der Waals surface area contributed by atoms with E-state index in [1.807, 2.05) is 13.8 Å². The lowest BCUT2D eigenvalue weighted by molar-refractivity contribution is -0.124. The molecular weight excluding hydrogens is 262 g/mol. The van der Waals surface area contributed by atoms with Crippen LogP contribution in [0.25, 0.3) is 0 Å². The fraction of sp³-hybridized carbons (Fsp3) is 0.588. The molecule has 0 radical (unpaired) electrons. The van der Waals surface area contributed by atoms with Crippen molar-refractivity contribution in [3.63, 3.8) is 0 Å². The summed E-state index contributed by atoms with van der Waals surface area (Å²) in [6.45, 7) is 7.65. The maximum atomic E-state index is 11.8. The van der Waals surface area contributed by atoms with E-state index < -0.39 is 0 Å². The molecular formula is C17H27N3O. The van der Waals surface area contributed by atoms with Crippen LogP contribution in [0.3, 0.4) is 0 Å². The summed E-state index contributed by atoms with van der Waals surface area (Å²) < 4.78 is 0. The molecule has 1 aromatic carbocycles. The first-order chi connectivity index (χ1) is 10.1. The van der Waals surface area contributed by atoms with E-state index in [-0.39, 0.29) is 17.9 Å². The van der Waals surface area contributed by atoms with Crippen molar-refractivity contribution < 1.29 is 4.79 Å². The summed E-state index contributed by atoms with van der Waals surface area (Å²) in [5.74, 6) is -0.0548. The first-order valence-electron chi connectivity index (χ1n) is 7.90. The van der Waals surface area contributed by atoms with Crippen molar-refractivity contribution in [3.8, 4) is 0 Å². The van der Waals surface area contributed by atoms with Gasteiger partial charge in [0, 0.05) is 38.1 Å². The van der Waals surface area contributed by atoms with Gasteiger partial charge < -0.3 is 11.1 Å². The zero-order valence-corrected chi connectivity index (χ0v) is 13.1. The molecule has 1 aliphatic rings. The second-order valence-electron chi connectivity index (χ2n) is 6.09. The van der Waals surface area contributed by atoms with Crippen molar-refractivity contribution in [2.24, 2.45) is 11.7 Å². The van der Waals surface area contributed by atoms with Crippen LogP contribution in [-0.4, -0.2) is 36.5 Å². The molecule has 0 bridgehead atoms. The lowest BCUT2D eigenvalue weighted by Gasteiger charge is -2.28. The molecule has 2 rings (SSSR count). The summed E-state index contributed by atoms with van der Waals surface area (Å²) in [5, 5.41) is 2.98. The van der Waals surface area contributed by atoms with Crippen molar-refractivity contribution >= 4 is 5.91 Å². The summed E-state index contributed by atoms with van der Waals surface area (Å²) in [7, 11) is 0. The molecule has 4 heteroatoms. The van der Waals surface area contributed by atoms with Crippen molar-refractivity contribution in [2.45, 2.75) is 39.3 Å². The highest BCUT2D eigenvalue weighted by Crippen LogP contribution is 2.18. The smallest absolute Gasteiger partial charge is 0.224 e. The Balaban J connectivity index is 1.68. The van der Waals surface area contributed by atoms with Gasteiger partial charge >= 0.3 is 0 Å². The summed E-state index contributed by atoms with van der Waals surface area (Å²) in [6, 6.07) is 8.57. The zero-order chi connectivity index (χ0) is 15.2. The van der Waals surface area contributed by atoms with Crippen LogP contribution in [0.4, 0.5) is 0 Å². The van der Waals surface area contributed by atoms with Gasteiger partial charge in [0.05, 0.1) is 0 Å². The zero-order valence-electron chi connectivity index (χ0n) is 13.1. The SMILES string of the molecule is CC(N)C(C)C(=O)NCCCN1CCc2ccccc2C1. The van der Waals surface area contributed by atoms with E-state index in [0.717, 1.165) is 39.0 Å². The van der Waals surface area contributed by atoms with Gasteiger partial charge in [-0.2, -0.15) is 0 Å². The van der Waals surface area contributed by atoms with Gasteiger partial charge in [-0.05, 0) is 30.9 Å². The van der Waals surface area contributed by atoms with Crippen LogP contribution < -0.4 is 11.1 Å². The van der Waals surface area contributed by atoms with Gasteiger partial charge in [-0.15, -0.1) is 0 Å². The van der Waals surface area contributed by atoms with Gasteiger partial charge in [0.15, 0.2) is 0 Å². The van der Waals surface area contributed by atoms with Crippen LogP contribution in [0.5, 0.6) is 0 Å². The topological polar surface area (TPSA) is 58.4 Å². The highest BCUT2D eigenvalue weighted by molar-refractivity contribution is 5.78. The maximum absolute atomic E-state index is 11.8. The lowest BCUT2D eigenvalue weighted by Crippen LogP contribution is -2.40. The van der Waals surface area contributed by atoms with E-state index in [0.29, 0.717) is 0 Å². The molecule has 1 heterocycles. The molecule has 4 nitrogen and oxygen atoms in total. The summed E-state index contributed by atoms with van der Waals surface area (Å²) in [6.07, 6.45) is 2.11. The number of carbonyl (C=O) groups is 1. The van der Waals surface area contributed by atoms with E-state index in [1.165, 1.54) is 11.1 Å². The standard InChI is InChI=1S/C17H27N3O/c1-13(14(2)18)17(21)19-9-5-10-20-11-8-15-6-3-4-7-16(15)12-20/h3-4,6-7,13-14H,5,8-12,18H2,1-2H3,(H,19,21). The molecule has 0 aliphatic carbocycles. The molecule has 0 fully saturated rings. The third kappa shape index (κ3) is 4.55. The quantitative estimate of drug-likeness (QED) is 0.781. The van der Waals surface area contributed by atoms with Crippen LogP contribution >= 0.6 is 0 Å². The Labute approximate surface area is 127 Å². The highest BCUT2D eigenvalue weighted by atomic mass is 16.1. The molecule has 0 spiro atoms. The Bertz CT molecular complexity index is 473. The first kappa shape index (κ1) is 16.0. The molecule has 0 aromatic heterocycles.